The van der Waals surface area contributed by atoms with Gasteiger partial charge in [0.1, 0.15) is 34.9 Å². The van der Waals surface area contributed by atoms with Gasteiger partial charge in [0.05, 0.1) is 39.9 Å². The van der Waals surface area contributed by atoms with Gasteiger partial charge in [0, 0.05) is 161 Å². The molecule has 0 unspecified atom stereocenters. The van der Waals surface area contributed by atoms with Crippen molar-refractivity contribution >= 4 is 59.2 Å². The van der Waals surface area contributed by atoms with E-state index in [0.29, 0.717) is 48.4 Å². The first-order valence-electron chi connectivity index (χ1n) is 39.3. The van der Waals surface area contributed by atoms with E-state index in [0.717, 1.165) is 156 Å². The number of hydrogen-bond donors (Lipinski definition) is 8. The number of nitrogens with one attached hydrogen (secondary N) is 6. The molecule has 1 fully saturated rings. The van der Waals surface area contributed by atoms with E-state index in [9.17, 15) is 52.2 Å². The zero-order valence-electron chi connectivity index (χ0n) is 69.6. The van der Waals surface area contributed by atoms with Crippen molar-refractivity contribution in [1.82, 2.24) is 101 Å². The summed E-state index contributed by atoms with van der Waals surface area (Å²) >= 11 is 1.51. The molecule has 30 nitrogen and oxygen atoms in total. The van der Waals surface area contributed by atoms with Crippen LogP contribution in [0.2, 0.25) is 0 Å². The van der Waals surface area contributed by atoms with E-state index in [4.69, 9.17) is 10.8 Å². The smallest absolute Gasteiger partial charge is 0.343 e. The lowest BCUT2D eigenvalue weighted by molar-refractivity contribution is -0.142. The van der Waals surface area contributed by atoms with Gasteiger partial charge < -0.3 is 52.5 Å². The molecule has 4 atom stereocenters. The number of carbonyl (C=O) groups excluding carboxylic acids is 7. The summed E-state index contributed by atoms with van der Waals surface area (Å²) < 4.78 is 32.7. The van der Waals surface area contributed by atoms with E-state index in [1.807, 2.05) is 91.8 Å². The van der Waals surface area contributed by atoms with Crippen LogP contribution in [-0.4, -0.2) is 213 Å². The van der Waals surface area contributed by atoms with Gasteiger partial charge in [-0.15, -0.1) is 11.3 Å². The first-order valence-corrected chi connectivity index (χ1v) is 40.1. The lowest BCUT2D eigenvalue weighted by atomic mass is 9.84. The van der Waals surface area contributed by atoms with Gasteiger partial charge in [-0.2, -0.15) is 39.1 Å². The molecular formula is C81H117F2N21O9S. The number of pyridine rings is 1. The van der Waals surface area contributed by atoms with Gasteiger partial charge >= 0.3 is 30.1 Å². The van der Waals surface area contributed by atoms with E-state index in [-0.39, 0.29) is 29.9 Å². The number of thiazole rings is 1. The molecule has 0 saturated heterocycles. The second-order valence-electron chi connectivity index (χ2n) is 34.7. The Morgan fingerprint density at radius 1 is 0.553 bits per heavy atom. The van der Waals surface area contributed by atoms with Gasteiger partial charge in [0.2, 0.25) is 17.7 Å². The minimum absolute atomic E-state index is 0.224. The number of rotatable bonds is 14. The lowest BCUT2D eigenvalue weighted by Crippen LogP contribution is -2.54. The van der Waals surface area contributed by atoms with Crippen LogP contribution in [0.4, 0.5) is 28.0 Å². The quantitative estimate of drug-likeness (QED) is 0.0502. The van der Waals surface area contributed by atoms with E-state index in [2.05, 4.69) is 99.7 Å². The third kappa shape index (κ3) is 20.9. The number of amides is 7. The van der Waals surface area contributed by atoms with Crippen LogP contribution in [0.3, 0.4) is 0 Å². The fraction of sp³-hybridized carbons (Fsp3) is 0.580. The number of primary amides is 1. The summed E-state index contributed by atoms with van der Waals surface area (Å²) in [4.78, 5) is 118. The van der Waals surface area contributed by atoms with Crippen LogP contribution in [-0.2, 0) is 71.0 Å². The second kappa shape index (κ2) is 36.8. The fourth-order valence-corrected chi connectivity index (χ4v) is 15.6. The number of benzene rings is 1. The standard InChI is InChI=1S/C21H30N6O2.C20H24F2N4O3.C20H30N6O2S.C20H33N5O2/c1-6-26-11-9-16-15(13-26)17(14-8-7-10-23-12-14)25-27(16)20(29)24-18(19(28)22-5)21(2,3)4;1-20(2,3)17(18(27)28)23-19(29)26-15-7-8-25(4)10-12(15)16(24-26)11-5-6-13(21)14(22)9-11;1-12(2)25-9-7-14-13(11-25)15(18-22-8-10-29-18)24-26(14)19(28)23-16(17(27)21-6)20(3,4)5;1-20(2,3)17(18(21)26)22-19(27)25-15-10-11-24(4)12-14(15)16(23-25)13-8-6-5-7-9-13/h7-8,10,12,18H,6,9,11,13H2,1-5H3,(H,22,28)(H,24,29);5-6,9,17H,7-8,10H2,1-4H3,(H,23,29)(H,27,28);8,10,12,16H,7,9,11H2,1-6H3,(H,21,27)(H,23,28);13,17H,5-12H2,1-4H3,(H2,21,26)(H,22,27)/t18-;17-;16-;17-/m1111/s1. The first kappa shape index (κ1) is 88.3. The van der Waals surface area contributed by atoms with Crippen LogP contribution >= 0.6 is 11.3 Å². The molecule has 0 spiro atoms. The van der Waals surface area contributed by atoms with Crippen LogP contribution in [0, 0.1) is 33.3 Å². The fourth-order valence-electron chi connectivity index (χ4n) is 15.0. The second-order valence-corrected chi connectivity index (χ2v) is 35.6. The number of fused-ring (bicyclic) bond motifs is 4. The Kier molecular flexibility index (Phi) is 28.5. The maximum Gasteiger partial charge on any atom is 0.343 e. The van der Waals surface area contributed by atoms with E-state index in [1.54, 1.807) is 53.5 Å². The highest BCUT2D eigenvalue weighted by atomic mass is 32.1. The molecule has 4 aliphatic heterocycles. The van der Waals surface area contributed by atoms with Crippen molar-refractivity contribution in [2.75, 3.05) is 60.9 Å². The molecule has 0 radical (unpaired) electrons. The normalized spacial score (nSPS) is 16.7. The average Bonchev–Trinajstić information content (AvgIpc) is 1.64. The highest BCUT2D eigenvalue weighted by Crippen LogP contribution is 2.39. The Morgan fingerprint density at radius 2 is 1.01 bits per heavy atom. The molecular weight excluding hydrogens is 1480 g/mol. The van der Waals surface area contributed by atoms with Crippen molar-refractivity contribution in [1.29, 1.82) is 0 Å². The Bertz CT molecular complexity index is 4590. The minimum atomic E-state index is -1.15. The summed E-state index contributed by atoms with van der Waals surface area (Å²) in [7, 11) is 7.16. The SMILES string of the molecule is CCN1CCc2c(c(-c3cccnc3)nn2C(=O)N[C@H](C(=O)NC)C(C)(C)C)C1.CN1CCc2c(c(-c3ccc(F)c(F)c3)nn2C(=O)N[C@H](C(=O)O)C(C)(C)C)C1.CN1CCc2c(c(C3CCCCC3)nn2C(=O)N[C@H](C(N)=O)C(C)(C)C)C1.CNC(=O)[C@@H](NC(=O)n1nc(-c2nccs2)c2c1CCN(C(C)C)C2)C(C)(C)C. The molecule has 6 aromatic heterocycles. The lowest BCUT2D eigenvalue weighted by Gasteiger charge is -2.31. The number of nitrogens with zero attached hydrogens (tertiary/aromatic N) is 14. The molecule has 1 saturated carbocycles. The third-order valence-corrected chi connectivity index (χ3v) is 22.3. The Morgan fingerprint density at radius 3 is 1.46 bits per heavy atom. The number of likely N-dealkylation sites (N-methyl/N-ethyl adjacent to an activating group) is 5. The molecule has 1 aliphatic carbocycles. The topological polar surface area (TPSA) is 365 Å². The van der Waals surface area contributed by atoms with Crippen molar-refractivity contribution in [3.05, 3.63) is 117 Å². The Labute approximate surface area is 670 Å². The van der Waals surface area contributed by atoms with Gasteiger partial charge in [0.25, 0.3) is 0 Å². The molecule has 33 heteroatoms. The molecule has 114 heavy (non-hydrogen) atoms. The number of halogens is 2. The number of nitrogens with two attached hydrogens (primary N) is 1. The average molecular weight is 1600 g/mol. The molecule has 5 aliphatic rings. The molecule has 0 bridgehead atoms. The zero-order valence-corrected chi connectivity index (χ0v) is 70.4. The highest BCUT2D eigenvalue weighted by Gasteiger charge is 2.41. The number of aliphatic carboxylic acids is 1. The van der Waals surface area contributed by atoms with Crippen molar-refractivity contribution < 1.29 is 52.2 Å². The van der Waals surface area contributed by atoms with E-state index in [1.165, 1.54) is 56.3 Å². The van der Waals surface area contributed by atoms with Gasteiger partial charge in [-0.05, 0) is 99.3 Å². The van der Waals surface area contributed by atoms with Gasteiger partial charge in [-0.3, -0.25) is 29.2 Å². The van der Waals surface area contributed by atoms with Crippen LogP contribution in [0.1, 0.15) is 193 Å². The third-order valence-electron chi connectivity index (χ3n) is 21.5. The first-order chi connectivity index (χ1) is 53.6. The molecule has 620 valence electrons. The van der Waals surface area contributed by atoms with E-state index >= 15 is 0 Å². The predicted molar refractivity (Wildman–Crippen MR) is 432 cm³/mol. The van der Waals surface area contributed by atoms with Crippen molar-refractivity contribution in [3.63, 3.8) is 0 Å². The number of carboxylic acids is 1. The zero-order chi connectivity index (χ0) is 83.8. The van der Waals surface area contributed by atoms with Crippen LogP contribution in [0.15, 0.2) is 54.3 Å². The number of carboxylic acid groups (broad SMARTS) is 1. The molecule has 10 heterocycles. The molecule has 12 rings (SSSR count). The van der Waals surface area contributed by atoms with Gasteiger partial charge in [0.15, 0.2) is 11.6 Å². The monoisotopic (exact) mass is 1600 g/mol. The summed E-state index contributed by atoms with van der Waals surface area (Å²) in [5, 5.41) is 47.0. The number of aromatic nitrogens is 10. The minimum Gasteiger partial charge on any atom is -0.480 e. The van der Waals surface area contributed by atoms with E-state index < -0.39 is 75.4 Å². The summed E-state index contributed by atoms with van der Waals surface area (Å²) in [5.74, 6) is -3.65. The molecule has 1 aromatic carbocycles. The van der Waals surface area contributed by atoms with Crippen LogP contribution < -0.4 is 37.6 Å². The predicted octanol–water partition coefficient (Wildman–Crippen LogP) is 9.78. The molecule has 9 N–H and O–H groups in total. The maximum atomic E-state index is 13.8. The number of carbonyl (C=O) groups is 8. The summed E-state index contributed by atoms with van der Waals surface area (Å²) in [6.07, 6.45) is 14.0. The Hall–Kier alpha value is -9.70. The van der Waals surface area contributed by atoms with Crippen LogP contribution in [0.25, 0.3) is 33.2 Å². The summed E-state index contributed by atoms with van der Waals surface area (Å²) in [6.45, 7) is 35.9. The van der Waals surface area contributed by atoms with Gasteiger partial charge in [-0.1, -0.05) is 109 Å². The number of hydrogen-bond acceptors (Lipinski definition) is 19. The summed E-state index contributed by atoms with van der Waals surface area (Å²) in [5.41, 5.74) is 15.2. The van der Waals surface area contributed by atoms with Gasteiger partial charge in [-0.25, -0.2) is 37.7 Å². The highest BCUT2D eigenvalue weighted by molar-refractivity contribution is 7.13. The largest absolute Gasteiger partial charge is 0.480 e. The van der Waals surface area contributed by atoms with Crippen molar-refractivity contribution in [2.45, 2.75) is 224 Å². The van der Waals surface area contributed by atoms with Crippen molar-refractivity contribution in [2.24, 2.45) is 27.4 Å². The molecule has 7 aromatic rings. The van der Waals surface area contributed by atoms with Crippen molar-refractivity contribution in [3.8, 4) is 33.2 Å². The van der Waals surface area contributed by atoms with Crippen LogP contribution in [0.5, 0.6) is 0 Å². The maximum absolute atomic E-state index is 13.8. The summed E-state index contributed by atoms with van der Waals surface area (Å²) in [6, 6.07) is 2.71. The molecule has 7 amide bonds. The Balaban J connectivity index is 0.000000174.